The molecule has 3 aromatic rings. The Morgan fingerprint density at radius 1 is 1.46 bits per heavy atom. The van der Waals surface area contributed by atoms with Crippen LogP contribution in [0, 0.1) is 10.1 Å². The average molecular weight is 410 g/mol. The third-order valence-electron chi connectivity index (χ3n) is 2.80. The number of nitrogens with zero attached hydrogens (tertiary/aromatic N) is 5. The molecule has 0 saturated carbocycles. The minimum atomic E-state index is -0.459. The fraction of sp³-hybridized carbons (Fsp3) is 0.0833. The number of rotatable bonds is 6. The van der Waals surface area contributed by atoms with Gasteiger partial charge in [0.25, 0.3) is 0 Å². The second kappa shape index (κ2) is 7.34. The van der Waals surface area contributed by atoms with Gasteiger partial charge in [0.05, 0.1) is 0 Å². The Bertz CT molecular complexity index is 867. The van der Waals surface area contributed by atoms with E-state index in [-0.39, 0.29) is 38.0 Å². The van der Waals surface area contributed by atoms with Crippen molar-refractivity contribution in [3.63, 3.8) is 0 Å². The van der Waals surface area contributed by atoms with Gasteiger partial charge >= 0.3 is 145 Å². The summed E-state index contributed by atoms with van der Waals surface area (Å²) >= 11 is 1.07. The molecule has 1 amide bonds. The summed E-state index contributed by atoms with van der Waals surface area (Å²) in [6.07, 6.45) is 1.30. The van der Waals surface area contributed by atoms with Gasteiger partial charge in [0, 0.05) is 0 Å². The molecule has 0 unspecified atom stereocenters. The molecule has 12 heteroatoms. The zero-order chi connectivity index (χ0) is 16.9. The molecule has 0 fully saturated rings. The zero-order valence-corrected chi connectivity index (χ0v) is 14.4. The molecule has 0 aliphatic carbocycles. The van der Waals surface area contributed by atoms with E-state index in [0.29, 0.717) is 11.3 Å². The van der Waals surface area contributed by atoms with Gasteiger partial charge in [0.15, 0.2) is 0 Å². The van der Waals surface area contributed by atoms with Crippen LogP contribution in [-0.2, 0) is 4.79 Å². The summed E-state index contributed by atoms with van der Waals surface area (Å²) in [5.41, 5.74) is 1.18. The maximum atomic E-state index is 11.9. The summed E-state index contributed by atoms with van der Waals surface area (Å²) in [5, 5.41) is 23.7. The number of thioether (sulfide) groups is 1. The number of H-pyrrole nitrogens is 1. The SMILES string of the molecule is O=C(CSc1[se]nnc1-c1cccc([N+](=O)[O-])c1)Nc1ncn[nH]1. The van der Waals surface area contributed by atoms with Gasteiger partial charge in [-0.05, 0) is 0 Å². The van der Waals surface area contributed by atoms with Gasteiger partial charge < -0.3 is 0 Å². The second-order valence-electron chi connectivity index (χ2n) is 4.39. The average Bonchev–Trinajstić information content (AvgIpc) is 3.24. The Kier molecular flexibility index (Phi) is 4.99. The van der Waals surface area contributed by atoms with E-state index in [0.717, 1.165) is 3.77 Å². The van der Waals surface area contributed by atoms with Gasteiger partial charge in [-0.1, -0.05) is 0 Å². The van der Waals surface area contributed by atoms with Crippen molar-refractivity contribution in [1.29, 1.82) is 0 Å². The van der Waals surface area contributed by atoms with E-state index in [1.165, 1.54) is 30.2 Å². The Labute approximate surface area is 145 Å². The van der Waals surface area contributed by atoms with Crippen molar-refractivity contribution >= 4 is 44.0 Å². The summed E-state index contributed by atoms with van der Waals surface area (Å²) in [5.74, 6) is 0.187. The molecular weight excluding hydrogens is 401 g/mol. The van der Waals surface area contributed by atoms with Gasteiger partial charge in [0.1, 0.15) is 0 Å². The van der Waals surface area contributed by atoms with Gasteiger partial charge in [-0.2, -0.15) is 0 Å². The molecule has 0 radical (unpaired) electrons. The molecule has 122 valence electrons. The maximum absolute atomic E-state index is 11.9. The summed E-state index contributed by atoms with van der Waals surface area (Å²) < 4.78 is 4.86. The van der Waals surface area contributed by atoms with Crippen LogP contribution < -0.4 is 5.32 Å². The first-order valence-electron chi connectivity index (χ1n) is 6.48. The summed E-state index contributed by atoms with van der Waals surface area (Å²) in [6, 6.07) is 6.20. The molecule has 0 saturated heterocycles. The number of benzene rings is 1. The fourth-order valence-electron chi connectivity index (χ4n) is 1.78. The van der Waals surface area contributed by atoms with E-state index in [1.54, 1.807) is 12.1 Å². The van der Waals surface area contributed by atoms with Crippen LogP contribution in [0.5, 0.6) is 0 Å². The number of anilines is 1. The molecule has 0 atom stereocenters. The molecule has 1 aromatic carbocycles. The number of nitro groups is 1. The van der Waals surface area contributed by atoms with Crippen LogP contribution in [0.3, 0.4) is 0 Å². The predicted molar refractivity (Wildman–Crippen MR) is 86.8 cm³/mol. The quantitative estimate of drug-likeness (QED) is 0.265. The van der Waals surface area contributed by atoms with Crippen molar-refractivity contribution in [2.75, 3.05) is 11.1 Å². The molecule has 0 spiro atoms. The number of nitro benzene ring substituents is 1. The topological polar surface area (TPSA) is 140 Å². The zero-order valence-electron chi connectivity index (χ0n) is 11.9. The summed E-state index contributed by atoms with van der Waals surface area (Å²) in [4.78, 5) is 26.1. The molecule has 2 heterocycles. The third kappa shape index (κ3) is 3.85. The first-order valence-corrected chi connectivity index (χ1v) is 9.09. The van der Waals surface area contributed by atoms with Gasteiger partial charge in [0.2, 0.25) is 0 Å². The van der Waals surface area contributed by atoms with Crippen LogP contribution in [0.15, 0.2) is 34.4 Å². The molecule has 2 N–H and O–H groups in total. The summed E-state index contributed by atoms with van der Waals surface area (Å²) in [6.45, 7) is 0. The van der Waals surface area contributed by atoms with Crippen LogP contribution in [0.1, 0.15) is 0 Å². The molecular formula is C12H9N7O3SSe. The second-order valence-corrected chi connectivity index (χ2v) is 7.54. The Morgan fingerprint density at radius 2 is 2.33 bits per heavy atom. The van der Waals surface area contributed by atoms with Crippen LogP contribution in [0.25, 0.3) is 11.3 Å². The van der Waals surface area contributed by atoms with Crippen molar-refractivity contribution < 1.29 is 9.72 Å². The Hall–Kier alpha value is -2.56. The first-order chi connectivity index (χ1) is 11.6. The third-order valence-corrected chi connectivity index (χ3v) is 5.88. The monoisotopic (exact) mass is 411 g/mol. The number of aromatic amines is 1. The fourth-order valence-corrected chi connectivity index (χ4v) is 4.27. The van der Waals surface area contributed by atoms with Crippen molar-refractivity contribution in [1.82, 2.24) is 24.4 Å². The number of hydrogen-bond acceptors (Lipinski definition) is 8. The number of carbonyl (C=O) groups excluding carboxylic acids is 1. The number of hydrogen-bond donors (Lipinski definition) is 2. The van der Waals surface area contributed by atoms with Crippen LogP contribution in [0.2, 0.25) is 0 Å². The van der Waals surface area contributed by atoms with E-state index in [1.807, 2.05) is 0 Å². The standard InChI is InChI=1S/C12H9N7O3SSe/c20-9(15-12-13-6-14-17-12)5-23-11-10(16-18-24-11)7-2-1-3-8(4-7)19(21)22/h1-4,6H,5H2,(H2,13,14,15,17,20). The van der Waals surface area contributed by atoms with E-state index in [2.05, 4.69) is 29.7 Å². The molecule has 3 rings (SSSR count). The Balaban J connectivity index is 1.70. The molecule has 24 heavy (non-hydrogen) atoms. The van der Waals surface area contributed by atoms with E-state index in [4.69, 9.17) is 0 Å². The van der Waals surface area contributed by atoms with E-state index in [9.17, 15) is 14.9 Å². The van der Waals surface area contributed by atoms with E-state index >= 15 is 0 Å². The molecule has 0 aliphatic rings. The number of non-ortho nitro benzene ring substituents is 1. The normalized spacial score (nSPS) is 10.5. The predicted octanol–water partition coefficient (Wildman–Crippen LogP) is 0.958. The van der Waals surface area contributed by atoms with Crippen molar-refractivity contribution in [3.8, 4) is 11.3 Å². The number of nitrogens with one attached hydrogen (secondary N) is 2. The van der Waals surface area contributed by atoms with Crippen molar-refractivity contribution in [2.45, 2.75) is 3.77 Å². The number of amides is 1. The first kappa shape index (κ1) is 16.3. The molecule has 2 aromatic heterocycles. The minimum absolute atomic E-state index is 0.0120. The van der Waals surface area contributed by atoms with Gasteiger partial charge in [-0.15, -0.1) is 0 Å². The van der Waals surface area contributed by atoms with Crippen LogP contribution in [0.4, 0.5) is 11.6 Å². The van der Waals surface area contributed by atoms with Crippen LogP contribution >= 0.6 is 11.8 Å². The molecule has 10 nitrogen and oxygen atoms in total. The van der Waals surface area contributed by atoms with E-state index < -0.39 is 4.92 Å². The number of carbonyl (C=O) groups is 1. The Morgan fingerprint density at radius 3 is 3.08 bits per heavy atom. The van der Waals surface area contributed by atoms with Crippen molar-refractivity contribution in [3.05, 3.63) is 40.7 Å². The van der Waals surface area contributed by atoms with Crippen LogP contribution in [-0.4, -0.2) is 55.7 Å². The molecule has 0 aliphatic heterocycles. The van der Waals surface area contributed by atoms with Gasteiger partial charge in [-0.25, -0.2) is 0 Å². The van der Waals surface area contributed by atoms with Gasteiger partial charge in [-0.3, -0.25) is 0 Å². The summed E-state index contributed by atoms with van der Waals surface area (Å²) in [7, 11) is 0. The molecule has 0 bridgehead atoms. The number of aromatic nitrogens is 5. The van der Waals surface area contributed by atoms with Crippen molar-refractivity contribution in [2.24, 2.45) is 0 Å².